The van der Waals surface area contributed by atoms with Crippen molar-refractivity contribution in [3.8, 4) is 11.5 Å². The van der Waals surface area contributed by atoms with Crippen molar-refractivity contribution in [1.29, 1.82) is 0 Å². The summed E-state index contributed by atoms with van der Waals surface area (Å²) in [6, 6.07) is 2.38. The Bertz CT molecular complexity index is 370. The molecule has 0 aliphatic carbocycles. The number of aliphatic hydroxyl groups excluding tert-OH is 1. The average molecular weight is 198 g/mol. The van der Waals surface area contributed by atoms with E-state index in [1.807, 2.05) is 0 Å². The SMILES string of the molecule is CC(=O)c1ccc(C(O)O)c(O)c1O. The van der Waals surface area contributed by atoms with Crippen LogP contribution in [0.15, 0.2) is 12.1 Å². The largest absolute Gasteiger partial charge is 0.504 e. The van der Waals surface area contributed by atoms with Gasteiger partial charge in [-0.05, 0) is 19.1 Å². The molecule has 5 nitrogen and oxygen atoms in total. The van der Waals surface area contributed by atoms with E-state index in [4.69, 9.17) is 10.2 Å². The zero-order valence-electron chi connectivity index (χ0n) is 7.43. The van der Waals surface area contributed by atoms with E-state index in [-0.39, 0.29) is 11.1 Å². The Morgan fingerprint density at radius 2 is 1.79 bits per heavy atom. The van der Waals surface area contributed by atoms with Gasteiger partial charge in [0.05, 0.1) is 11.1 Å². The van der Waals surface area contributed by atoms with Crippen molar-refractivity contribution in [1.82, 2.24) is 0 Å². The van der Waals surface area contributed by atoms with Crippen LogP contribution in [0.25, 0.3) is 0 Å². The van der Waals surface area contributed by atoms with Crippen LogP contribution in [0.2, 0.25) is 0 Å². The molecule has 0 bridgehead atoms. The van der Waals surface area contributed by atoms with Crippen LogP contribution < -0.4 is 0 Å². The standard InChI is InChI=1S/C9H10O5/c1-4(10)5-2-3-6(9(13)14)8(12)7(5)11/h2-3,9,11-14H,1H3. The van der Waals surface area contributed by atoms with E-state index in [2.05, 4.69) is 0 Å². The van der Waals surface area contributed by atoms with Crippen LogP contribution in [0, 0.1) is 0 Å². The molecule has 1 aromatic rings. The van der Waals surface area contributed by atoms with Gasteiger partial charge in [0.2, 0.25) is 0 Å². The molecule has 76 valence electrons. The van der Waals surface area contributed by atoms with Crippen LogP contribution in [-0.2, 0) is 0 Å². The molecular formula is C9H10O5. The number of benzene rings is 1. The maximum absolute atomic E-state index is 10.9. The lowest BCUT2D eigenvalue weighted by molar-refractivity contribution is -0.0441. The number of aromatic hydroxyl groups is 2. The van der Waals surface area contributed by atoms with E-state index >= 15 is 0 Å². The zero-order chi connectivity index (χ0) is 10.9. The third-order valence-corrected chi connectivity index (χ3v) is 1.84. The number of rotatable bonds is 2. The molecule has 14 heavy (non-hydrogen) atoms. The monoisotopic (exact) mass is 198 g/mol. The second-order valence-corrected chi connectivity index (χ2v) is 2.83. The van der Waals surface area contributed by atoms with E-state index < -0.39 is 23.6 Å². The van der Waals surface area contributed by atoms with Gasteiger partial charge in [0.25, 0.3) is 0 Å². The molecular weight excluding hydrogens is 188 g/mol. The highest BCUT2D eigenvalue weighted by Crippen LogP contribution is 2.35. The molecule has 0 atom stereocenters. The molecule has 0 aliphatic rings. The van der Waals surface area contributed by atoms with Crippen LogP contribution in [-0.4, -0.2) is 26.2 Å². The molecule has 0 unspecified atom stereocenters. The first-order valence-electron chi connectivity index (χ1n) is 3.87. The number of carbonyl (C=O) groups is 1. The Morgan fingerprint density at radius 3 is 2.21 bits per heavy atom. The molecule has 0 radical (unpaired) electrons. The number of aliphatic hydroxyl groups is 2. The third-order valence-electron chi connectivity index (χ3n) is 1.84. The molecule has 0 heterocycles. The topological polar surface area (TPSA) is 98.0 Å². The maximum atomic E-state index is 10.9. The van der Waals surface area contributed by atoms with E-state index in [0.717, 1.165) is 6.07 Å². The fraction of sp³-hybridized carbons (Fsp3) is 0.222. The first-order valence-corrected chi connectivity index (χ1v) is 3.87. The molecule has 0 amide bonds. The highest BCUT2D eigenvalue weighted by molar-refractivity contribution is 5.97. The van der Waals surface area contributed by atoms with Crippen molar-refractivity contribution in [2.75, 3.05) is 0 Å². The Balaban J connectivity index is 3.33. The Morgan fingerprint density at radius 1 is 1.21 bits per heavy atom. The summed E-state index contributed by atoms with van der Waals surface area (Å²) < 4.78 is 0. The van der Waals surface area contributed by atoms with Crippen LogP contribution in [0.3, 0.4) is 0 Å². The Labute approximate surface area is 79.9 Å². The smallest absolute Gasteiger partial charge is 0.182 e. The van der Waals surface area contributed by atoms with Crippen LogP contribution in [0.4, 0.5) is 0 Å². The Hall–Kier alpha value is -1.59. The van der Waals surface area contributed by atoms with Gasteiger partial charge < -0.3 is 20.4 Å². The minimum atomic E-state index is -1.89. The molecule has 0 saturated heterocycles. The van der Waals surface area contributed by atoms with Gasteiger partial charge in [0.1, 0.15) is 0 Å². The first-order chi connectivity index (χ1) is 6.45. The van der Waals surface area contributed by atoms with Crippen molar-refractivity contribution in [3.63, 3.8) is 0 Å². The number of hydrogen-bond donors (Lipinski definition) is 4. The molecule has 4 N–H and O–H groups in total. The maximum Gasteiger partial charge on any atom is 0.182 e. The number of carbonyl (C=O) groups excluding carboxylic acids is 1. The minimum absolute atomic E-state index is 0.0631. The summed E-state index contributed by atoms with van der Waals surface area (Å²) in [4.78, 5) is 10.9. The lowest BCUT2D eigenvalue weighted by atomic mass is 10.1. The van der Waals surface area contributed by atoms with E-state index in [0.29, 0.717) is 0 Å². The van der Waals surface area contributed by atoms with Crippen molar-refractivity contribution in [2.24, 2.45) is 0 Å². The molecule has 1 aromatic carbocycles. The fourth-order valence-corrected chi connectivity index (χ4v) is 1.09. The Kier molecular flexibility index (Phi) is 2.73. The average Bonchev–Trinajstić information content (AvgIpc) is 2.08. The molecule has 0 fully saturated rings. The lowest BCUT2D eigenvalue weighted by Crippen LogP contribution is -1.99. The minimum Gasteiger partial charge on any atom is -0.504 e. The second kappa shape index (κ2) is 3.65. The van der Waals surface area contributed by atoms with Crippen molar-refractivity contribution in [3.05, 3.63) is 23.3 Å². The van der Waals surface area contributed by atoms with E-state index in [1.165, 1.54) is 13.0 Å². The van der Waals surface area contributed by atoms with Gasteiger partial charge in [-0.25, -0.2) is 0 Å². The predicted octanol–water partition coefficient (Wildman–Crippen LogP) is 0.284. The summed E-state index contributed by atoms with van der Waals surface area (Å²) in [7, 11) is 0. The third kappa shape index (κ3) is 1.68. The molecule has 0 aromatic heterocycles. The fourth-order valence-electron chi connectivity index (χ4n) is 1.09. The number of hydrogen-bond acceptors (Lipinski definition) is 5. The normalized spacial score (nSPS) is 10.6. The van der Waals surface area contributed by atoms with Crippen molar-refractivity contribution < 1.29 is 25.2 Å². The molecule has 0 saturated carbocycles. The highest BCUT2D eigenvalue weighted by atomic mass is 16.5. The number of phenolic OH excluding ortho intramolecular Hbond substituents is 2. The summed E-state index contributed by atoms with van der Waals surface area (Å²) in [5.74, 6) is -1.74. The zero-order valence-corrected chi connectivity index (χ0v) is 7.43. The first kappa shape index (κ1) is 10.5. The predicted molar refractivity (Wildman–Crippen MR) is 47.0 cm³/mol. The van der Waals surface area contributed by atoms with Gasteiger partial charge in [-0.1, -0.05) is 0 Å². The van der Waals surface area contributed by atoms with Gasteiger partial charge in [-0.2, -0.15) is 0 Å². The van der Waals surface area contributed by atoms with Crippen LogP contribution in [0.1, 0.15) is 29.1 Å². The number of ketones is 1. The van der Waals surface area contributed by atoms with E-state index in [1.54, 1.807) is 0 Å². The molecule has 1 rings (SSSR count). The summed E-state index contributed by atoms with van der Waals surface area (Å²) in [6.45, 7) is 1.23. The van der Waals surface area contributed by atoms with Gasteiger partial charge in [0.15, 0.2) is 23.6 Å². The molecule has 5 heteroatoms. The summed E-state index contributed by atoms with van der Waals surface area (Å²) >= 11 is 0. The molecule has 0 aliphatic heterocycles. The second-order valence-electron chi connectivity index (χ2n) is 2.83. The lowest BCUT2D eigenvalue weighted by Gasteiger charge is -2.09. The van der Waals surface area contributed by atoms with Gasteiger partial charge >= 0.3 is 0 Å². The van der Waals surface area contributed by atoms with Crippen molar-refractivity contribution in [2.45, 2.75) is 13.2 Å². The number of phenols is 2. The van der Waals surface area contributed by atoms with Gasteiger partial charge in [0, 0.05) is 0 Å². The van der Waals surface area contributed by atoms with E-state index in [9.17, 15) is 15.0 Å². The summed E-state index contributed by atoms with van der Waals surface area (Å²) in [5, 5.41) is 36.1. The van der Waals surface area contributed by atoms with Gasteiger partial charge in [-0.3, -0.25) is 4.79 Å². The van der Waals surface area contributed by atoms with Crippen LogP contribution >= 0.6 is 0 Å². The quantitative estimate of drug-likeness (QED) is 0.311. The van der Waals surface area contributed by atoms with Gasteiger partial charge in [-0.15, -0.1) is 0 Å². The number of Topliss-reactive ketones (excluding diaryl/α,β-unsaturated/α-hetero) is 1. The summed E-state index contributed by atoms with van der Waals surface area (Å²) in [5.41, 5.74) is -0.306. The highest BCUT2D eigenvalue weighted by Gasteiger charge is 2.17. The molecule has 0 spiro atoms. The van der Waals surface area contributed by atoms with Crippen molar-refractivity contribution >= 4 is 5.78 Å². The summed E-state index contributed by atoms with van der Waals surface area (Å²) in [6.07, 6.45) is -1.89. The van der Waals surface area contributed by atoms with Crippen LogP contribution in [0.5, 0.6) is 11.5 Å².